The van der Waals surface area contributed by atoms with Crippen LogP contribution in [0, 0.1) is 5.82 Å². The van der Waals surface area contributed by atoms with Gasteiger partial charge in [0.2, 0.25) is 0 Å². The van der Waals surface area contributed by atoms with E-state index in [9.17, 15) is 4.39 Å². The number of thioether (sulfide) groups is 1. The number of hydrogen-bond acceptors (Lipinski definition) is 3. The van der Waals surface area contributed by atoms with Crippen LogP contribution < -0.4 is 10.5 Å². The lowest BCUT2D eigenvalue weighted by Crippen LogP contribution is -2.06. The summed E-state index contributed by atoms with van der Waals surface area (Å²) in [5, 5.41) is 0. The quantitative estimate of drug-likeness (QED) is 0.761. The predicted molar refractivity (Wildman–Crippen MR) is 72.1 cm³/mol. The second-order valence-corrected chi connectivity index (χ2v) is 5.27. The van der Waals surface area contributed by atoms with Crippen molar-refractivity contribution in [2.24, 2.45) is 5.73 Å². The van der Waals surface area contributed by atoms with Crippen LogP contribution in [-0.2, 0) is 0 Å². The number of nitrogens with two attached hydrogens (primary N) is 1. The zero-order chi connectivity index (χ0) is 12.7. The molecule has 0 heterocycles. The van der Waals surface area contributed by atoms with E-state index in [4.69, 9.17) is 10.5 Å². The summed E-state index contributed by atoms with van der Waals surface area (Å²) in [4.78, 5) is 0. The molecule has 0 saturated heterocycles. The van der Waals surface area contributed by atoms with Gasteiger partial charge >= 0.3 is 0 Å². The number of ether oxygens (including phenoxy) is 1. The molecule has 96 valence electrons. The fourth-order valence-corrected chi connectivity index (χ4v) is 2.02. The largest absolute Gasteiger partial charge is 0.490 e. The van der Waals surface area contributed by atoms with Gasteiger partial charge in [0, 0.05) is 6.04 Å². The Morgan fingerprint density at radius 3 is 2.82 bits per heavy atom. The SMILES string of the molecule is CCSCCCOc1ccc(C(C)N)cc1F. The van der Waals surface area contributed by atoms with Crippen molar-refractivity contribution in [3.05, 3.63) is 29.6 Å². The molecule has 1 unspecified atom stereocenters. The van der Waals surface area contributed by atoms with Gasteiger partial charge < -0.3 is 10.5 Å². The monoisotopic (exact) mass is 257 g/mol. The van der Waals surface area contributed by atoms with Crippen LogP contribution in [0.4, 0.5) is 4.39 Å². The molecule has 0 aliphatic carbocycles. The van der Waals surface area contributed by atoms with Crippen molar-refractivity contribution in [2.45, 2.75) is 26.3 Å². The highest BCUT2D eigenvalue weighted by Crippen LogP contribution is 2.21. The van der Waals surface area contributed by atoms with Crippen LogP contribution >= 0.6 is 11.8 Å². The topological polar surface area (TPSA) is 35.2 Å². The van der Waals surface area contributed by atoms with Crippen molar-refractivity contribution in [3.8, 4) is 5.75 Å². The van der Waals surface area contributed by atoms with Crippen molar-refractivity contribution < 1.29 is 9.13 Å². The Hall–Kier alpha value is -0.740. The molecule has 1 aromatic carbocycles. The van der Waals surface area contributed by atoms with E-state index in [1.54, 1.807) is 6.07 Å². The molecule has 0 radical (unpaired) electrons. The van der Waals surface area contributed by atoms with Gasteiger partial charge in [-0.15, -0.1) is 0 Å². The van der Waals surface area contributed by atoms with Crippen LogP contribution in [-0.4, -0.2) is 18.1 Å². The molecule has 1 aromatic rings. The zero-order valence-electron chi connectivity index (χ0n) is 10.4. The smallest absolute Gasteiger partial charge is 0.165 e. The molecular weight excluding hydrogens is 237 g/mol. The summed E-state index contributed by atoms with van der Waals surface area (Å²) >= 11 is 1.86. The van der Waals surface area contributed by atoms with Gasteiger partial charge in [0.1, 0.15) is 0 Å². The Balaban J connectivity index is 2.43. The molecule has 0 amide bonds. The Morgan fingerprint density at radius 2 is 2.24 bits per heavy atom. The summed E-state index contributed by atoms with van der Waals surface area (Å²) in [6.45, 7) is 4.51. The molecule has 0 bridgehead atoms. The van der Waals surface area contributed by atoms with E-state index in [-0.39, 0.29) is 11.9 Å². The minimum atomic E-state index is -0.331. The van der Waals surface area contributed by atoms with Gasteiger partial charge in [-0.1, -0.05) is 13.0 Å². The molecule has 0 aromatic heterocycles. The molecule has 17 heavy (non-hydrogen) atoms. The van der Waals surface area contributed by atoms with E-state index in [1.807, 2.05) is 24.8 Å². The highest BCUT2D eigenvalue weighted by Gasteiger charge is 2.06. The minimum absolute atomic E-state index is 0.153. The first-order chi connectivity index (χ1) is 8.15. The molecule has 0 spiro atoms. The van der Waals surface area contributed by atoms with Gasteiger partial charge in [0.25, 0.3) is 0 Å². The molecule has 0 fully saturated rings. The third-order valence-corrected chi connectivity index (χ3v) is 3.36. The molecule has 1 atom stereocenters. The van der Waals surface area contributed by atoms with E-state index in [0.717, 1.165) is 23.5 Å². The Kier molecular flexibility index (Phi) is 6.37. The lowest BCUT2D eigenvalue weighted by molar-refractivity contribution is 0.302. The second-order valence-electron chi connectivity index (χ2n) is 3.88. The molecular formula is C13H20FNOS. The van der Waals surface area contributed by atoms with Gasteiger partial charge in [-0.3, -0.25) is 0 Å². The highest BCUT2D eigenvalue weighted by atomic mass is 32.2. The summed E-state index contributed by atoms with van der Waals surface area (Å²) in [6, 6.07) is 4.76. The molecule has 2 nitrogen and oxygen atoms in total. The average molecular weight is 257 g/mol. The van der Waals surface area contributed by atoms with Gasteiger partial charge in [-0.2, -0.15) is 11.8 Å². The van der Waals surface area contributed by atoms with Crippen molar-refractivity contribution in [1.82, 2.24) is 0 Å². The standard InChI is InChI=1S/C13H20FNOS/c1-3-17-8-4-7-16-13-6-5-11(10(2)15)9-12(13)14/h5-6,9-10H,3-4,7-8,15H2,1-2H3. The van der Waals surface area contributed by atoms with Crippen molar-refractivity contribution in [2.75, 3.05) is 18.1 Å². The Morgan fingerprint density at radius 1 is 1.47 bits per heavy atom. The first kappa shape index (κ1) is 14.3. The lowest BCUT2D eigenvalue weighted by Gasteiger charge is -2.10. The average Bonchev–Trinajstić information content (AvgIpc) is 2.30. The van der Waals surface area contributed by atoms with Crippen LogP contribution in [0.3, 0.4) is 0 Å². The molecule has 0 aliphatic rings. The van der Waals surface area contributed by atoms with Crippen LogP contribution in [0.1, 0.15) is 31.9 Å². The number of halogens is 1. The van der Waals surface area contributed by atoms with E-state index >= 15 is 0 Å². The van der Waals surface area contributed by atoms with E-state index < -0.39 is 0 Å². The molecule has 1 rings (SSSR count). The number of hydrogen-bond donors (Lipinski definition) is 1. The predicted octanol–water partition coefficient (Wildman–Crippen LogP) is 3.37. The van der Waals surface area contributed by atoms with Crippen molar-refractivity contribution in [1.29, 1.82) is 0 Å². The zero-order valence-corrected chi connectivity index (χ0v) is 11.2. The third kappa shape index (κ3) is 4.96. The summed E-state index contributed by atoms with van der Waals surface area (Å²) in [5.41, 5.74) is 6.47. The Labute approximate surface area is 107 Å². The van der Waals surface area contributed by atoms with Crippen LogP contribution in [0.15, 0.2) is 18.2 Å². The van der Waals surface area contributed by atoms with E-state index in [2.05, 4.69) is 6.92 Å². The Bertz CT molecular complexity index is 344. The van der Waals surface area contributed by atoms with Crippen LogP contribution in [0.25, 0.3) is 0 Å². The molecule has 2 N–H and O–H groups in total. The maximum absolute atomic E-state index is 13.6. The van der Waals surface area contributed by atoms with E-state index in [1.165, 1.54) is 6.07 Å². The van der Waals surface area contributed by atoms with Crippen LogP contribution in [0.2, 0.25) is 0 Å². The van der Waals surface area contributed by atoms with Gasteiger partial charge in [-0.05, 0) is 42.5 Å². The second kappa shape index (κ2) is 7.56. The minimum Gasteiger partial charge on any atom is -0.490 e. The third-order valence-electron chi connectivity index (χ3n) is 2.38. The van der Waals surface area contributed by atoms with Crippen molar-refractivity contribution >= 4 is 11.8 Å². The fourth-order valence-electron chi connectivity index (χ4n) is 1.40. The fraction of sp³-hybridized carbons (Fsp3) is 0.538. The normalized spacial score (nSPS) is 12.5. The van der Waals surface area contributed by atoms with Crippen molar-refractivity contribution in [3.63, 3.8) is 0 Å². The first-order valence-electron chi connectivity index (χ1n) is 5.90. The summed E-state index contributed by atoms with van der Waals surface area (Å²) < 4.78 is 19.0. The molecule has 0 aliphatic heterocycles. The first-order valence-corrected chi connectivity index (χ1v) is 7.06. The lowest BCUT2D eigenvalue weighted by atomic mass is 10.1. The molecule has 0 saturated carbocycles. The van der Waals surface area contributed by atoms with Gasteiger partial charge in [0.05, 0.1) is 6.61 Å². The maximum atomic E-state index is 13.6. The summed E-state index contributed by atoms with van der Waals surface area (Å²) in [6.07, 6.45) is 0.937. The number of benzene rings is 1. The highest BCUT2D eigenvalue weighted by molar-refractivity contribution is 7.99. The van der Waals surface area contributed by atoms with Gasteiger partial charge in [-0.25, -0.2) is 4.39 Å². The van der Waals surface area contributed by atoms with E-state index in [0.29, 0.717) is 12.4 Å². The maximum Gasteiger partial charge on any atom is 0.165 e. The summed E-state index contributed by atoms with van der Waals surface area (Å²) in [7, 11) is 0. The summed E-state index contributed by atoms with van der Waals surface area (Å²) in [5.74, 6) is 2.15. The van der Waals surface area contributed by atoms with Crippen LogP contribution in [0.5, 0.6) is 5.75 Å². The number of rotatable bonds is 7. The molecule has 4 heteroatoms. The van der Waals surface area contributed by atoms with Gasteiger partial charge in [0.15, 0.2) is 11.6 Å².